The van der Waals surface area contributed by atoms with E-state index in [0.29, 0.717) is 0 Å². The van der Waals surface area contributed by atoms with E-state index < -0.39 is 0 Å². The first kappa shape index (κ1) is 8.38. The van der Waals surface area contributed by atoms with Crippen molar-refractivity contribution < 1.29 is 0 Å². The second-order valence-corrected chi connectivity index (χ2v) is 3.39. The van der Waals surface area contributed by atoms with Crippen LogP contribution in [0, 0.1) is 6.92 Å². The number of hydrogen-bond donors (Lipinski definition) is 2. The molecule has 2 N–H and O–H groups in total. The maximum Gasteiger partial charge on any atom is 0.200 e. The molecule has 0 spiro atoms. The van der Waals surface area contributed by atoms with E-state index >= 15 is 0 Å². The largest absolute Gasteiger partial charge is 0.359 e. The molecule has 2 aromatic rings. The molecule has 0 aliphatic rings. The number of anilines is 1. The summed E-state index contributed by atoms with van der Waals surface area (Å²) in [6, 6.07) is 3.78. The van der Waals surface area contributed by atoms with Gasteiger partial charge in [-0.05, 0) is 24.6 Å². The van der Waals surface area contributed by atoms with Crippen LogP contribution in [0.1, 0.15) is 5.56 Å². The number of aryl methyl sites for hydroxylation is 1. The molecule has 0 unspecified atom stereocenters. The lowest BCUT2D eigenvalue weighted by Crippen LogP contribution is -1.88. The number of rotatable bonds is 1. The van der Waals surface area contributed by atoms with Gasteiger partial charge in [-0.1, -0.05) is 11.6 Å². The predicted molar refractivity (Wildman–Crippen MR) is 55.4 cm³/mol. The maximum absolute atomic E-state index is 5.91. The van der Waals surface area contributed by atoms with Crippen molar-refractivity contribution in [1.29, 1.82) is 0 Å². The van der Waals surface area contributed by atoms with Gasteiger partial charge in [0.2, 0.25) is 5.95 Å². The van der Waals surface area contributed by atoms with Crippen molar-refractivity contribution >= 4 is 28.6 Å². The van der Waals surface area contributed by atoms with Crippen LogP contribution in [-0.2, 0) is 0 Å². The monoisotopic (exact) mass is 195 g/mol. The molecule has 0 aliphatic carbocycles. The second-order valence-electron chi connectivity index (χ2n) is 2.95. The molecule has 0 saturated carbocycles. The average molecular weight is 196 g/mol. The van der Waals surface area contributed by atoms with Crippen LogP contribution in [-0.4, -0.2) is 17.0 Å². The van der Waals surface area contributed by atoms with E-state index in [1.54, 1.807) is 0 Å². The normalized spacial score (nSPS) is 10.7. The molecule has 0 bridgehead atoms. The zero-order chi connectivity index (χ0) is 9.42. The summed E-state index contributed by atoms with van der Waals surface area (Å²) < 4.78 is 0. The van der Waals surface area contributed by atoms with E-state index in [4.69, 9.17) is 11.6 Å². The van der Waals surface area contributed by atoms with Crippen LogP contribution >= 0.6 is 11.6 Å². The Balaban J connectivity index is 2.75. The maximum atomic E-state index is 5.91. The van der Waals surface area contributed by atoms with Gasteiger partial charge in [0.1, 0.15) is 0 Å². The van der Waals surface area contributed by atoms with Crippen molar-refractivity contribution in [2.75, 3.05) is 12.4 Å². The number of hydrogen-bond acceptors (Lipinski definition) is 2. The fourth-order valence-corrected chi connectivity index (χ4v) is 1.64. The molecule has 1 heterocycles. The molecule has 0 amide bonds. The number of H-pyrrole nitrogens is 1. The molecule has 3 nitrogen and oxygen atoms in total. The highest BCUT2D eigenvalue weighted by Crippen LogP contribution is 2.22. The molecule has 1 aromatic carbocycles. The van der Waals surface area contributed by atoms with Crippen molar-refractivity contribution in [3.8, 4) is 0 Å². The summed E-state index contributed by atoms with van der Waals surface area (Å²) in [7, 11) is 1.83. The minimum absolute atomic E-state index is 0.733. The molecule has 0 atom stereocenters. The van der Waals surface area contributed by atoms with E-state index in [2.05, 4.69) is 15.3 Å². The topological polar surface area (TPSA) is 40.7 Å². The Bertz CT molecular complexity index is 447. The van der Waals surface area contributed by atoms with Crippen LogP contribution in [0.3, 0.4) is 0 Å². The lowest BCUT2D eigenvalue weighted by molar-refractivity contribution is 1.28. The smallest absolute Gasteiger partial charge is 0.200 e. The van der Waals surface area contributed by atoms with Crippen LogP contribution in [0.15, 0.2) is 12.1 Å². The fraction of sp³-hybridized carbons (Fsp3) is 0.222. The Morgan fingerprint density at radius 1 is 1.46 bits per heavy atom. The lowest BCUT2D eigenvalue weighted by atomic mass is 10.2. The first-order valence-corrected chi connectivity index (χ1v) is 4.42. The number of fused-ring (bicyclic) bond motifs is 1. The van der Waals surface area contributed by atoms with Gasteiger partial charge in [0.05, 0.1) is 11.0 Å². The number of nitrogens with zero attached hydrogens (tertiary/aromatic N) is 1. The Kier molecular flexibility index (Phi) is 1.88. The van der Waals surface area contributed by atoms with Gasteiger partial charge in [-0.25, -0.2) is 4.98 Å². The highest BCUT2D eigenvalue weighted by atomic mass is 35.5. The summed E-state index contributed by atoms with van der Waals surface area (Å²) in [5, 5.41) is 3.69. The lowest BCUT2D eigenvalue weighted by Gasteiger charge is -1.94. The zero-order valence-corrected chi connectivity index (χ0v) is 8.24. The minimum Gasteiger partial charge on any atom is -0.359 e. The standard InChI is InChI=1S/C9H10ClN3/c1-5-3-6(10)4-7-8(5)13-9(11-2)12-7/h3-4H,1-2H3,(H2,11,12,13). The van der Waals surface area contributed by atoms with Crippen molar-refractivity contribution in [2.45, 2.75) is 6.92 Å². The fourth-order valence-electron chi connectivity index (χ4n) is 1.36. The number of benzene rings is 1. The highest BCUT2D eigenvalue weighted by Gasteiger charge is 2.04. The molecule has 2 rings (SSSR count). The van der Waals surface area contributed by atoms with Gasteiger partial charge in [0.15, 0.2) is 0 Å². The van der Waals surface area contributed by atoms with Crippen LogP contribution in [0.25, 0.3) is 11.0 Å². The van der Waals surface area contributed by atoms with Crippen molar-refractivity contribution in [1.82, 2.24) is 9.97 Å². The van der Waals surface area contributed by atoms with Crippen LogP contribution in [0.2, 0.25) is 5.02 Å². The van der Waals surface area contributed by atoms with Gasteiger partial charge in [-0.15, -0.1) is 0 Å². The SMILES string of the molecule is CNc1nc2c(C)cc(Cl)cc2[nH]1. The van der Waals surface area contributed by atoms with Crippen molar-refractivity contribution in [3.63, 3.8) is 0 Å². The van der Waals surface area contributed by atoms with E-state index in [-0.39, 0.29) is 0 Å². The molecule has 0 fully saturated rings. The summed E-state index contributed by atoms with van der Waals surface area (Å²) in [6.45, 7) is 1.99. The minimum atomic E-state index is 0.733. The van der Waals surface area contributed by atoms with Crippen molar-refractivity contribution in [3.05, 3.63) is 22.7 Å². The van der Waals surface area contributed by atoms with Gasteiger partial charge in [-0.3, -0.25) is 0 Å². The van der Waals surface area contributed by atoms with E-state index in [0.717, 1.165) is 27.6 Å². The summed E-state index contributed by atoms with van der Waals surface area (Å²) in [5.74, 6) is 0.764. The number of imidazole rings is 1. The quantitative estimate of drug-likeness (QED) is 0.735. The van der Waals surface area contributed by atoms with Gasteiger partial charge in [-0.2, -0.15) is 0 Å². The van der Waals surface area contributed by atoms with Crippen molar-refractivity contribution in [2.24, 2.45) is 0 Å². The molecule has 68 valence electrons. The third kappa shape index (κ3) is 1.35. The number of halogens is 1. The molecule has 0 radical (unpaired) electrons. The summed E-state index contributed by atoms with van der Waals surface area (Å²) in [5.41, 5.74) is 3.02. The van der Waals surface area contributed by atoms with Crippen LogP contribution in [0.4, 0.5) is 5.95 Å². The van der Waals surface area contributed by atoms with E-state index in [1.165, 1.54) is 0 Å². The third-order valence-electron chi connectivity index (χ3n) is 1.98. The molecule has 0 aliphatic heterocycles. The first-order valence-electron chi connectivity index (χ1n) is 4.04. The highest BCUT2D eigenvalue weighted by molar-refractivity contribution is 6.31. The number of nitrogens with one attached hydrogen (secondary N) is 2. The second kappa shape index (κ2) is 2.92. The van der Waals surface area contributed by atoms with E-state index in [1.807, 2.05) is 26.1 Å². The molecule has 4 heteroatoms. The zero-order valence-electron chi connectivity index (χ0n) is 7.48. The Morgan fingerprint density at radius 2 is 2.23 bits per heavy atom. The average Bonchev–Trinajstić information content (AvgIpc) is 2.47. The molecule has 0 saturated heterocycles. The third-order valence-corrected chi connectivity index (χ3v) is 2.20. The Morgan fingerprint density at radius 3 is 2.92 bits per heavy atom. The molecule has 13 heavy (non-hydrogen) atoms. The number of aromatic nitrogens is 2. The Hall–Kier alpha value is -1.22. The Labute approximate surface area is 81.1 Å². The van der Waals surface area contributed by atoms with Gasteiger partial charge in [0, 0.05) is 12.1 Å². The summed E-state index contributed by atoms with van der Waals surface area (Å²) in [4.78, 5) is 7.47. The van der Waals surface area contributed by atoms with Gasteiger partial charge < -0.3 is 10.3 Å². The van der Waals surface area contributed by atoms with Crippen LogP contribution < -0.4 is 5.32 Å². The van der Waals surface area contributed by atoms with E-state index in [9.17, 15) is 0 Å². The molecular formula is C9H10ClN3. The summed E-state index contributed by atoms with van der Waals surface area (Å²) in [6.07, 6.45) is 0. The molecule has 1 aromatic heterocycles. The van der Waals surface area contributed by atoms with Gasteiger partial charge >= 0.3 is 0 Å². The molecular weight excluding hydrogens is 186 g/mol. The summed E-state index contributed by atoms with van der Waals surface area (Å²) >= 11 is 5.91. The first-order chi connectivity index (χ1) is 6.20. The van der Waals surface area contributed by atoms with Gasteiger partial charge in [0.25, 0.3) is 0 Å². The van der Waals surface area contributed by atoms with Crippen LogP contribution in [0.5, 0.6) is 0 Å². The predicted octanol–water partition coefficient (Wildman–Crippen LogP) is 2.57. The number of aromatic amines is 1.